The molecule has 3 rings (SSSR count). The first kappa shape index (κ1) is 17.7. The van der Waals surface area contributed by atoms with Crippen molar-refractivity contribution in [2.45, 2.75) is 25.4 Å². The van der Waals surface area contributed by atoms with Crippen molar-refractivity contribution < 1.29 is 14.3 Å². The Morgan fingerprint density at radius 2 is 2.04 bits per heavy atom. The highest BCUT2D eigenvalue weighted by Crippen LogP contribution is 2.20. The molecule has 1 aliphatic heterocycles. The van der Waals surface area contributed by atoms with Crippen LogP contribution < -0.4 is 5.76 Å². The molecular formula is C18H25N3O4. The van der Waals surface area contributed by atoms with Gasteiger partial charge in [-0.3, -0.25) is 9.36 Å². The number of likely N-dealkylation sites (tertiary alicyclic amines) is 1. The first-order valence-corrected chi connectivity index (χ1v) is 8.63. The van der Waals surface area contributed by atoms with Crippen LogP contribution in [-0.4, -0.2) is 65.2 Å². The molecule has 1 aromatic heterocycles. The Hall–Kier alpha value is -2.12. The number of amides is 1. The van der Waals surface area contributed by atoms with E-state index in [-0.39, 0.29) is 31.0 Å². The molecule has 2 aromatic rings. The van der Waals surface area contributed by atoms with Gasteiger partial charge in [-0.25, -0.2) is 4.79 Å². The first-order valence-electron chi connectivity index (χ1n) is 8.63. The van der Waals surface area contributed by atoms with Gasteiger partial charge in [0, 0.05) is 25.7 Å². The number of rotatable bonds is 4. The maximum absolute atomic E-state index is 12.9. The first-order chi connectivity index (χ1) is 12.0. The number of para-hydroxylation sites is 2. The number of oxazole rings is 1. The Labute approximate surface area is 146 Å². The molecule has 1 fully saturated rings. The lowest BCUT2D eigenvalue weighted by Gasteiger charge is -2.29. The fourth-order valence-electron chi connectivity index (χ4n) is 3.42. The van der Waals surface area contributed by atoms with Crippen molar-refractivity contribution in [3.63, 3.8) is 0 Å². The van der Waals surface area contributed by atoms with Gasteiger partial charge < -0.3 is 19.3 Å². The summed E-state index contributed by atoms with van der Waals surface area (Å²) in [5.74, 6) is -0.570. The summed E-state index contributed by atoms with van der Waals surface area (Å²) in [6, 6.07) is 7.34. The SMILES string of the molecule is CN(C)[C@@H]1CC[C@H](CO)CN(C(=O)Cn2c(=O)oc3ccccc32)C1. The van der Waals surface area contributed by atoms with E-state index in [1.807, 2.05) is 20.2 Å². The van der Waals surface area contributed by atoms with Crippen LogP contribution in [0.15, 0.2) is 33.5 Å². The van der Waals surface area contributed by atoms with Gasteiger partial charge in [0.15, 0.2) is 5.58 Å². The number of aliphatic hydroxyl groups is 1. The lowest BCUT2D eigenvalue weighted by molar-refractivity contribution is -0.133. The van der Waals surface area contributed by atoms with Crippen LogP contribution in [0.5, 0.6) is 0 Å². The van der Waals surface area contributed by atoms with E-state index in [2.05, 4.69) is 4.90 Å². The van der Waals surface area contributed by atoms with Crippen LogP contribution in [0.3, 0.4) is 0 Å². The van der Waals surface area contributed by atoms with E-state index in [0.29, 0.717) is 24.2 Å². The van der Waals surface area contributed by atoms with Crippen LogP contribution >= 0.6 is 0 Å². The summed E-state index contributed by atoms with van der Waals surface area (Å²) in [6.07, 6.45) is 1.83. The van der Waals surface area contributed by atoms with Gasteiger partial charge in [0.05, 0.1) is 5.52 Å². The Kier molecular flexibility index (Phi) is 5.24. The van der Waals surface area contributed by atoms with Gasteiger partial charge >= 0.3 is 5.76 Å². The molecule has 1 saturated heterocycles. The molecule has 0 spiro atoms. The Morgan fingerprint density at radius 3 is 2.76 bits per heavy atom. The fraction of sp³-hybridized carbons (Fsp3) is 0.556. The molecule has 7 heteroatoms. The van der Waals surface area contributed by atoms with Gasteiger partial charge in [-0.15, -0.1) is 0 Å². The number of hydrogen-bond donors (Lipinski definition) is 1. The van der Waals surface area contributed by atoms with Crippen LogP contribution in [0.4, 0.5) is 0 Å². The normalized spacial score (nSPS) is 21.7. The molecular weight excluding hydrogens is 322 g/mol. The number of nitrogens with zero attached hydrogens (tertiary/aromatic N) is 3. The highest BCUT2D eigenvalue weighted by molar-refractivity contribution is 5.79. The molecule has 0 radical (unpaired) electrons. The fourth-order valence-corrected chi connectivity index (χ4v) is 3.42. The number of hydrogen-bond acceptors (Lipinski definition) is 5. The minimum atomic E-state index is -0.521. The van der Waals surface area contributed by atoms with Crippen LogP contribution in [0.25, 0.3) is 11.1 Å². The van der Waals surface area contributed by atoms with E-state index in [1.165, 1.54) is 4.57 Å². The van der Waals surface area contributed by atoms with Crippen molar-refractivity contribution >= 4 is 17.0 Å². The molecule has 2 atom stereocenters. The molecule has 0 saturated carbocycles. The molecule has 7 nitrogen and oxygen atoms in total. The molecule has 0 aliphatic carbocycles. The van der Waals surface area contributed by atoms with Crippen LogP contribution in [0.2, 0.25) is 0 Å². The van der Waals surface area contributed by atoms with E-state index in [4.69, 9.17) is 4.42 Å². The maximum Gasteiger partial charge on any atom is 0.420 e. The van der Waals surface area contributed by atoms with Crippen molar-refractivity contribution in [3.8, 4) is 0 Å². The van der Waals surface area contributed by atoms with Crippen molar-refractivity contribution in [2.75, 3.05) is 33.8 Å². The number of benzene rings is 1. The predicted molar refractivity (Wildman–Crippen MR) is 94.3 cm³/mol. The van der Waals surface area contributed by atoms with Crippen LogP contribution in [0.1, 0.15) is 12.8 Å². The molecule has 1 amide bonds. The lowest BCUT2D eigenvalue weighted by Crippen LogP contribution is -2.44. The zero-order chi connectivity index (χ0) is 18.0. The molecule has 2 heterocycles. The average Bonchev–Trinajstić information content (AvgIpc) is 2.78. The topological polar surface area (TPSA) is 78.9 Å². The summed E-state index contributed by atoms with van der Waals surface area (Å²) in [7, 11) is 4.00. The summed E-state index contributed by atoms with van der Waals surface area (Å²) >= 11 is 0. The predicted octanol–water partition coefficient (Wildman–Crippen LogP) is 0.756. The van der Waals surface area contributed by atoms with Crippen molar-refractivity contribution in [3.05, 3.63) is 34.8 Å². The molecule has 136 valence electrons. The second kappa shape index (κ2) is 7.41. The summed E-state index contributed by atoms with van der Waals surface area (Å²) in [4.78, 5) is 28.8. The number of carbonyl (C=O) groups excluding carboxylic acids is 1. The largest absolute Gasteiger partial charge is 0.420 e. The lowest BCUT2D eigenvalue weighted by atomic mass is 10.0. The quantitative estimate of drug-likeness (QED) is 0.883. The second-order valence-electron chi connectivity index (χ2n) is 6.96. The average molecular weight is 347 g/mol. The molecule has 1 N–H and O–H groups in total. The third-order valence-electron chi connectivity index (χ3n) is 5.03. The van der Waals surface area contributed by atoms with E-state index in [1.54, 1.807) is 23.1 Å². The van der Waals surface area contributed by atoms with Crippen LogP contribution in [0, 0.1) is 5.92 Å². The maximum atomic E-state index is 12.9. The standard InChI is InChI=1S/C18H25N3O4/c1-19(2)14-8-7-13(12-22)9-20(10-14)17(23)11-21-15-5-3-4-6-16(15)25-18(21)24/h3-6,13-14,22H,7-12H2,1-2H3/t13-,14+/m0/s1. The van der Waals surface area contributed by atoms with E-state index in [0.717, 1.165) is 12.8 Å². The Balaban J connectivity index is 1.82. The summed E-state index contributed by atoms with van der Waals surface area (Å²) in [6.45, 7) is 1.14. The minimum Gasteiger partial charge on any atom is -0.408 e. The highest BCUT2D eigenvalue weighted by atomic mass is 16.4. The third kappa shape index (κ3) is 3.77. The van der Waals surface area contributed by atoms with E-state index < -0.39 is 5.76 Å². The third-order valence-corrected chi connectivity index (χ3v) is 5.03. The summed E-state index contributed by atoms with van der Waals surface area (Å²) in [5, 5.41) is 9.56. The monoisotopic (exact) mass is 347 g/mol. The summed E-state index contributed by atoms with van der Waals surface area (Å²) < 4.78 is 6.58. The van der Waals surface area contributed by atoms with Gasteiger partial charge in [0.1, 0.15) is 6.54 Å². The van der Waals surface area contributed by atoms with Crippen molar-refractivity contribution in [1.82, 2.24) is 14.4 Å². The number of fused-ring (bicyclic) bond motifs is 1. The number of aliphatic hydroxyl groups excluding tert-OH is 1. The minimum absolute atomic E-state index is 0.0475. The molecule has 0 bridgehead atoms. The van der Waals surface area contributed by atoms with Gasteiger partial charge in [0.25, 0.3) is 0 Å². The number of carbonyl (C=O) groups is 1. The van der Waals surface area contributed by atoms with E-state index in [9.17, 15) is 14.7 Å². The highest BCUT2D eigenvalue weighted by Gasteiger charge is 2.28. The van der Waals surface area contributed by atoms with Crippen LogP contribution in [-0.2, 0) is 11.3 Å². The van der Waals surface area contributed by atoms with Gasteiger partial charge in [0.2, 0.25) is 5.91 Å². The zero-order valence-electron chi connectivity index (χ0n) is 14.7. The van der Waals surface area contributed by atoms with Crippen molar-refractivity contribution in [2.24, 2.45) is 5.92 Å². The Morgan fingerprint density at radius 1 is 1.28 bits per heavy atom. The second-order valence-corrected chi connectivity index (χ2v) is 6.96. The molecule has 1 aliphatic rings. The van der Waals surface area contributed by atoms with Gasteiger partial charge in [-0.1, -0.05) is 12.1 Å². The number of aromatic nitrogens is 1. The van der Waals surface area contributed by atoms with Crippen molar-refractivity contribution in [1.29, 1.82) is 0 Å². The Bertz CT molecular complexity index is 795. The smallest absolute Gasteiger partial charge is 0.408 e. The molecule has 25 heavy (non-hydrogen) atoms. The zero-order valence-corrected chi connectivity index (χ0v) is 14.7. The molecule has 1 aromatic carbocycles. The van der Waals surface area contributed by atoms with Gasteiger partial charge in [-0.05, 0) is 45.0 Å². The van der Waals surface area contributed by atoms with E-state index >= 15 is 0 Å². The number of likely N-dealkylation sites (N-methyl/N-ethyl adjacent to an activating group) is 1. The summed E-state index contributed by atoms with van der Waals surface area (Å²) in [5.41, 5.74) is 1.11. The molecule has 0 unspecified atom stereocenters. The van der Waals surface area contributed by atoms with Gasteiger partial charge in [-0.2, -0.15) is 0 Å².